The molecule has 0 amide bonds. The first kappa shape index (κ1) is 20.4. The van der Waals surface area contributed by atoms with Crippen LogP contribution in [0.1, 0.15) is 35.4 Å². The minimum absolute atomic E-state index is 0.00920. The van der Waals surface area contributed by atoms with Crippen molar-refractivity contribution in [3.63, 3.8) is 0 Å². The maximum Gasteiger partial charge on any atom is 0.229 e. The Hall–Kier alpha value is -2.85. The summed E-state index contributed by atoms with van der Waals surface area (Å²) in [5.41, 5.74) is 0.751. The number of carbonyl (C=O) groups excluding carboxylic acids is 1. The van der Waals surface area contributed by atoms with Crippen LogP contribution in [-0.2, 0) is 4.74 Å². The first-order valence-corrected chi connectivity index (χ1v) is 9.46. The number of hydrogen-bond donors (Lipinski definition) is 5. The number of aromatic hydroxyl groups is 2. The largest absolute Gasteiger partial charge is 0.508 e. The molecule has 1 fully saturated rings. The second-order valence-corrected chi connectivity index (χ2v) is 7.44. The average Bonchev–Trinajstić information content (AvgIpc) is 2.70. The maximum absolute atomic E-state index is 12.9. The molecule has 0 aliphatic carbocycles. The van der Waals surface area contributed by atoms with Gasteiger partial charge in [0.1, 0.15) is 53.0 Å². The van der Waals surface area contributed by atoms with Crippen LogP contribution < -0.4 is 9.47 Å². The van der Waals surface area contributed by atoms with Crippen LogP contribution in [0.15, 0.2) is 36.4 Å². The summed E-state index contributed by atoms with van der Waals surface area (Å²) in [6.07, 6.45) is -7.19. The third-order valence-corrected chi connectivity index (χ3v) is 5.29. The highest BCUT2D eigenvalue weighted by Gasteiger charge is 2.44. The fraction of sp³-hybridized carbons (Fsp3) is 0.381. The zero-order valence-electron chi connectivity index (χ0n) is 16.0. The van der Waals surface area contributed by atoms with Crippen molar-refractivity contribution in [2.24, 2.45) is 0 Å². The van der Waals surface area contributed by atoms with Crippen LogP contribution in [0.25, 0.3) is 0 Å². The van der Waals surface area contributed by atoms with Crippen LogP contribution in [0.3, 0.4) is 0 Å². The van der Waals surface area contributed by atoms with Gasteiger partial charge in [-0.05, 0) is 24.6 Å². The second-order valence-electron chi connectivity index (χ2n) is 7.44. The van der Waals surface area contributed by atoms with Crippen molar-refractivity contribution in [1.29, 1.82) is 0 Å². The van der Waals surface area contributed by atoms with Gasteiger partial charge in [0.2, 0.25) is 6.29 Å². The fourth-order valence-electron chi connectivity index (χ4n) is 3.61. The topological polar surface area (TPSA) is 146 Å². The highest BCUT2D eigenvalue weighted by Crippen LogP contribution is 2.43. The maximum atomic E-state index is 12.9. The predicted octanol–water partition coefficient (Wildman–Crippen LogP) is 1.01. The highest BCUT2D eigenvalue weighted by molar-refractivity contribution is 6.02. The van der Waals surface area contributed by atoms with E-state index in [9.17, 15) is 30.3 Å². The van der Waals surface area contributed by atoms with Crippen molar-refractivity contribution in [3.05, 3.63) is 47.5 Å². The quantitative estimate of drug-likeness (QED) is 0.493. The SMILES string of the molecule is C[C@@H]1O[C@@H](Oc2cc(O)cc3c2C(=O)C[C@H](c2ccc(O)cc2)O3)[C@H](O)[C@H](O)[C@H]1O. The molecule has 0 unspecified atom stereocenters. The van der Waals surface area contributed by atoms with Gasteiger partial charge in [0.25, 0.3) is 0 Å². The highest BCUT2D eigenvalue weighted by atomic mass is 16.7. The number of benzene rings is 2. The third-order valence-electron chi connectivity index (χ3n) is 5.29. The standard InChI is InChI=1S/C21H22O9/c1-9-18(25)19(26)20(27)21(28-9)30-16-7-12(23)6-15-17(16)13(24)8-14(29-15)10-2-4-11(22)5-3-10/h2-7,9,14,18-23,25-27H,8H2,1H3/t9-,14+,18-,19+,20+,21-/m0/s1. The van der Waals surface area contributed by atoms with E-state index >= 15 is 0 Å². The fourth-order valence-corrected chi connectivity index (χ4v) is 3.61. The molecule has 2 aliphatic rings. The molecule has 6 atom stereocenters. The summed E-state index contributed by atoms with van der Waals surface area (Å²) in [5, 5.41) is 49.5. The lowest BCUT2D eigenvalue weighted by atomic mass is 9.95. The molecular weight excluding hydrogens is 396 g/mol. The zero-order chi connectivity index (χ0) is 21.6. The summed E-state index contributed by atoms with van der Waals surface area (Å²) in [6, 6.07) is 8.72. The van der Waals surface area contributed by atoms with E-state index in [0.717, 1.165) is 0 Å². The third kappa shape index (κ3) is 3.68. The van der Waals surface area contributed by atoms with Crippen molar-refractivity contribution >= 4 is 5.78 Å². The molecule has 160 valence electrons. The van der Waals surface area contributed by atoms with E-state index in [1.807, 2.05) is 0 Å². The lowest BCUT2D eigenvalue weighted by Gasteiger charge is -2.39. The van der Waals surface area contributed by atoms with E-state index in [1.54, 1.807) is 12.1 Å². The monoisotopic (exact) mass is 418 g/mol. The van der Waals surface area contributed by atoms with E-state index in [1.165, 1.54) is 31.2 Å². The molecule has 0 bridgehead atoms. The predicted molar refractivity (Wildman–Crippen MR) is 102 cm³/mol. The molecule has 30 heavy (non-hydrogen) atoms. The number of rotatable bonds is 3. The molecule has 0 saturated carbocycles. The normalized spacial score (nSPS) is 31.0. The zero-order valence-corrected chi connectivity index (χ0v) is 16.0. The molecule has 9 heteroatoms. The average molecular weight is 418 g/mol. The summed E-state index contributed by atoms with van der Waals surface area (Å²) in [4.78, 5) is 12.9. The van der Waals surface area contributed by atoms with Crippen LogP contribution in [0.4, 0.5) is 0 Å². The van der Waals surface area contributed by atoms with Crippen molar-refractivity contribution in [3.8, 4) is 23.0 Å². The smallest absolute Gasteiger partial charge is 0.229 e. The molecule has 0 spiro atoms. The van der Waals surface area contributed by atoms with Crippen molar-refractivity contribution < 1.29 is 44.5 Å². The molecule has 0 aromatic heterocycles. The molecule has 1 saturated heterocycles. The van der Waals surface area contributed by atoms with Gasteiger partial charge in [-0.3, -0.25) is 4.79 Å². The molecule has 0 radical (unpaired) electrons. The van der Waals surface area contributed by atoms with E-state index in [-0.39, 0.29) is 40.8 Å². The number of aliphatic hydroxyl groups is 3. The Bertz CT molecular complexity index is 942. The summed E-state index contributed by atoms with van der Waals surface area (Å²) >= 11 is 0. The Balaban J connectivity index is 1.63. The molecule has 2 aromatic carbocycles. The summed E-state index contributed by atoms with van der Waals surface area (Å²) in [5.74, 6) is -0.440. The van der Waals surface area contributed by atoms with Gasteiger partial charge >= 0.3 is 0 Å². The van der Waals surface area contributed by atoms with Gasteiger partial charge in [-0.25, -0.2) is 0 Å². The van der Waals surface area contributed by atoms with Gasteiger partial charge in [-0.15, -0.1) is 0 Å². The lowest BCUT2D eigenvalue weighted by molar-refractivity contribution is -0.268. The number of ether oxygens (including phenoxy) is 3. The van der Waals surface area contributed by atoms with E-state index in [2.05, 4.69) is 0 Å². The summed E-state index contributed by atoms with van der Waals surface area (Å²) in [6.45, 7) is 1.50. The van der Waals surface area contributed by atoms with E-state index < -0.39 is 36.8 Å². The number of fused-ring (bicyclic) bond motifs is 1. The van der Waals surface area contributed by atoms with Crippen LogP contribution >= 0.6 is 0 Å². The van der Waals surface area contributed by atoms with E-state index in [4.69, 9.17) is 14.2 Å². The van der Waals surface area contributed by atoms with Crippen LogP contribution in [0.2, 0.25) is 0 Å². The van der Waals surface area contributed by atoms with E-state index in [0.29, 0.717) is 5.56 Å². The number of hydrogen-bond acceptors (Lipinski definition) is 9. The Kier molecular flexibility index (Phi) is 5.29. The van der Waals surface area contributed by atoms with Gasteiger partial charge in [-0.2, -0.15) is 0 Å². The number of ketones is 1. The molecule has 2 aliphatic heterocycles. The Morgan fingerprint density at radius 2 is 1.67 bits per heavy atom. The molecule has 4 rings (SSSR count). The summed E-state index contributed by atoms with van der Waals surface area (Å²) < 4.78 is 16.9. The number of Topliss-reactive ketones (excluding diaryl/α,β-unsaturated/α-hetero) is 1. The summed E-state index contributed by atoms with van der Waals surface area (Å²) in [7, 11) is 0. The second kappa shape index (κ2) is 7.77. The minimum atomic E-state index is -1.57. The molecule has 2 heterocycles. The van der Waals surface area contributed by atoms with Gasteiger partial charge in [0.05, 0.1) is 12.5 Å². The van der Waals surface area contributed by atoms with Crippen LogP contribution in [-0.4, -0.2) is 62.0 Å². The van der Waals surface area contributed by atoms with Crippen molar-refractivity contribution in [2.45, 2.75) is 50.2 Å². The van der Waals surface area contributed by atoms with Crippen LogP contribution in [0, 0.1) is 0 Å². The number of phenols is 2. The molecule has 2 aromatic rings. The first-order valence-electron chi connectivity index (χ1n) is 9.46. The number of phenolic OH excluding ortho intramolecular Hbond substituents is 2. The van der Waals surface area contributed by atoms with Gasteiger partial charge in [-0.1, -0.05) is 12.1 Å². The van der Waals surface area contributed by atoms with Gasteiger partial charge in [0, 0.05) is 12.1 Å². The van der Waals surface area contributed by atoms with Crippen molar-refractivity contribution in [2.75, 3.05) is 0 Å². The van der Waals surface area contributed by atoms with Crippen molar-refractivity contribution in [1.82, 2.24) is 0 Å². The lowest BCUT2D eigenvalue weighted by Crippen LogP contribution is -2.58. The first-order chi connectivity index (χ1) is 14.2. The Labute approximate surface area is 171 Å². The molecule has 5 N–H and O–H groups in total. The number of carbonyl (C=O) groups is 1. The van der Waals surface area contributed by atoms with Gasteiger partial charge in [0.15, 0.2) is 5.78 Å². The van der Waals surface area contributed by atoms with Gasteiger partial charge < -0.3 is 39.7 Å². The number of aliphatic hydroxyl groups excluding tert-OH is 3. The Morgan fingerprint density at radius 1 is 0.967 bits per heavy atom. The molecule has 9 nitrogen and oxygen atoms in total. The van der Waals surface area contributed by atoms with Crippen LogP contribution in [0.5, 0.6) is 23.0 Å². The Morgan fingerprint density at radius 3 is 2.37 bits per heavy atom. The minimum Gasteiger partial charge on any atom is -0.508 e. The molecular formula is C21H22O9.